The molecule has 1 aromatic rings. The standard InChI is InChI=1S/C9H7Br2NO/c10-3-4-13-9-5-7(6-12)1-2-8(9)11/h1-2,5H,3-4H2. The fourth-order valence-electron chi connectivity index (χ4n) is 0.832. The molecule has 2 nitrogen and oxygen atoms in total. The Morgan fingerprint density at radius 2 is 2.23 bits per heavy atom. The highest BCUT2D eigenvalue weighted by atomic mass is 79.9. The fourth-order valence-corrected chi connectivity index (χ4v) is 1.36. The summed E-state index contributed by atoms with van der Waals surface area (Å²) in [4.78, 5) is 0. The molecule has 1 aromatic carbocycles. The van der Waals surface area contributed by atoms with Gasteiger partial charge in [-0.15, -0.1) is 0 Å². The van der Waals surface area contributed by atoms with Gasteiger partial charge in [0.05, 0.1) is 22.7 Å². The molecular weight excluding hydrogens is 298 g/mol. The normalized spacial score (nSPS) is 9.31. The number of nitriles is 1. The van der Waals surface area contributed by atoms with Crippen LogP contribution in [0.3, 0.4) is 0 Å². The Kier molecular flexibility index (Phi) is 4.26. The Morgan fingerprint density at radius 3 is 2.85 bits per heavy atom. The number of ether oxygens (including phenoxy) is 1. The van der Waals surface area contributed by atoms with Gasteiger partial charge < -0.3 is 4.74 Å². The van der Waals surface area contributed by atoms with Crippen molar-refractivity contribution in [3.05, 3.63) is 28.2 Å². The third-order valence-corrected chi connectivity index (χ3v) is 2.37. The van der Waals surface area contributed by atoms with Crippen LogP contribution in [-0.4, -0.2) is 11.9 Å². The Morgan fingerprint density at radius 1 is 1.46 bits per heavy atom. The lowest BCUT2D eigenvalue weighted by Crippen LogP contribution is -1.98. The zero-order chi connectivity index (χ0) is 9.68. The minimum Gasteiger partial charge on any atom is -0.491 e. The van der Waals surface area contributed by atoms with Crippen LogP contribution in [0.5, 0.6) is 5.75 Å². The summed E-state index contributed by atoms with van der Waals surface area (Å²) in [6.45, 7) is 0.591. The molecule has 0 aromatic heterocycles. The molecule has 0 aliphatic carbocycles. The number of rotatable bonds is 3. The minimum absolute atomic E-state index is 0.591. The number of halogens is 2. The van der Waals surface area contributed by atoms with E-state index >= 15 is 0 Å². The van der Waals surface area contributed by atoms with E-state index in [-0.39, 0.29) is 0 Å². The predicted octanol–water partition coefficient (Wildman–Crippen LogP) is 3.09. The number of hydrogen-bond acceptors (Lipinski definition) is 2. The lowest BCUT2D eigenvalue weighted by Gasteiger charge is -2.05. The van der Waals surface area contributed by atoms with Crippen LogP contribution in [0.15, 0.2) is 22.7 Å². The van der Waals surface area contributed by atoms with Crippen molar-refractivity contribution in [2.24, 2.45) is 0 Å². The molecule has 13 heavy (non-hydrogen) atoms. The maximum absolute atomic E-state index is 8.65. The zero-order valence-electron chi connectivity index (χ0n) is 6.76. The molecule has 0 heterocycles. The maximum Gasteiger partial charge on any atom is 0.134 e. The van der Waals surface area contributed by atoms with Crippen molar-refractivity contribution in [3.63, 3.8) is 0 Å². The molecule has 0 bridgehead atoms. The predicted molar refractivity (Wildman–Crippen MR) is 58.1 cm³/mol. The third kappa shape index (κ3) is 3.02. The quantitative estimate of drug-likeness (QED) is 0.804. The Bertz CT molecular complexity index is 333. The molecule has 0 aliphatic rings. The molecular formula is C9H7Br2NO. The highest BCUT2D eigenvalue weighted by molar-refractivity contribution is 9.10. The first-order valence-corrected chi connectivity index (χ1v) is 5.58. The van der Waals surface area contributed by atoms with E-state index in [2.05, 4.69) is 37.9 Å². The SMILES string of the molecule is N#Cc1ccc(Br)c(OCCBr)c1. The van der Waals surface area contributed by atoms with Gasteiger partial charge >= 0.3 is 0 Å². The van der Waals surface area contributed by atoms with Crippen LogP contribution in [0.25, 0.3) is 0 Å². The first kappa shape index (κ1) is 10.6. The second kappa shape index (κ2) is 5.25. The van der Waals surface area contributed by atoms with Gasteiger partial charge in [-0.3, -0.25) is 0 Å². The van der Waals surface area contributed by atoms with Gasteiger partial charge in [0.25, 0.3) is 0 Å². The number of benzene rings is 1. The molecule has 4 heteroatoms. The zero-order valence-corrected chi connectivity index (χ0v) is 9.93. The highest BCUT2D eigenvalue weighted by Gasteiger charge is 2.01. The molecule has 68 valence electrons. The van der Waals surface area contributed by atoms with Crippen molar-refractivity contribution in [1.29, 1.82) is 5.26 Å². The van der Waals surface area contributed by atoms with Gasteiger partial charge in [0.1, 0.15) is 5.75 Å². The summed E-state index contributed by atoms with van der Waals surface area (Å²) >= 11 is 6.60. The van der Waals surface area contributed by atoms with E-state index in [4.69, 9.17) is 10.00 Å². The highest BCUT2D eigenvalue weighted by Crippen LogP contribution is 2.25. The number of alkyl halides is 1. The summed E-state index contributed by atoms with van der Waals surface area (Å²) in [5.74, 6) is 0.707. The molecule has 0 saturated heterocycles. The van der Waals surface area contributed by atoms with E-state index < -0.39 is 0 Å². The van der Waals surface area contributed by atoms with Crippen molar-refractivity contribution in [2.75, 3.05) is 11.9 Å². The summed E-state index contributed by atoms with van der Waals surface area (Å²) in [7, 11) is 0. The fraction of sp³-hybridized carbons (Fsp3) is 0.222. The topological polar surface area (TPSA) is 33.0 Å². The van der Waals surface area contributed by atoms with Gasteiger partial charge in [-0.25, -0.2) is 0 Å². The Hall–Kier alpha value is -0.530. The van der Waals surface area contributed by atoms with Crippen LogP contribution in [0, 0.1) is 11.3 Å². The van der Waals surface area contributed by atoms with Gasteiger partial charge in [0, 0.05) is 5.33 Å². The largest absolute Gasteiger partial charge is 0.491 e. The van der Waals surface area contributed by atoms with Gasteiger partial charge in [-0.1, -0.05) is 15.9 Å². The van der Waals surface area contributed by atoms with Gasteiger partial charge in [-0.2, -0.15) is 5.26 Å². The van der Waals surface area contributed by atoms with Gasteiger partial charge in [0.15, 0.2) is 0 Å². The molecule has 0 spiro atoms. The van der Waals surface area contributed by atoms with Crippen molar-refractivity contribution in [1.82, 2.24) is 0 Å². The molecule has 0 unspecified atom stereocenters. The van der Waals surface area contributed by atoms with E-state index in [1.54, 1.807) is 12.1 Å². The van der Waals surface area contributed by atoms with Crippen LogP contribution in [0.2, 0.25) is 0 Å². The van der Waals surface area contributed by atoms with Gasteiger partial charge in [-0.05, 0) is 34.1 Å². The average molecular weight is 305 g/mol. The first-order valence-electron chi connectivity index (χ1n) is 3.66. The molecule has 0 saturated carbocycles. The minimum atomic E-state index is 0.591. The molecule has 1 rings (SSSR count). The Balaban J connectivity index is 2.85. The van der Waals surface area contributed by atoms with Crippen molar-refractivity contribution >= 4 is 31.9 Å². The van der Waals surface area contributed by atoms with E-state index in [0.29, 0.717) is 17.9 Å². The average Bonchev–Trinajstić information content (AvgIpc) is 2.17. The van der Waals surface area contributed by atoms with E-state index in [9.17, 15) is 0 Å². The van der Waals surface area contributed by atoms with Crippen molar-refractivity contribution in [3.8, 4) is 11.8 Å². The number of hydrogen-bond donors (Lipinski definition) is 0. The summed E-state index contributed by atoms with van der Waals surface area (Å²) in [6, 6.07) is 7.32. The second-order valence-corrected chi connectivity index (χ2v) is 3.94. The molecule has 0 aliphatic heterocycles. The lowest BCUT2D eigenvalue weighted by atomic mass is 10.2. The Labute approximate surface area is 93.8 Å². The van der Waals surface area contributed by atoms with Crippen molar-refractivity contribution < 1.29 is 4.74 Å². The van der Waals surface area contributed by atoms with E-state index in [1.807, 2.05) is 6.07 Å². The van der Waals surface area contributed by atoms with Crippen LogP contribution in [0.4, 0.5) is 0 Å². The monoisotopic (exact) mass is 303 g/mol. The summed E-state index contributed by atoms with van der Waals surface area (Å²) in [6.07, 6.45) is 0. The lowest BCUT2D eigenvalue weighted by molar-refractivity contribution is 0.343. The molecule has 0 atom stereocenters. The van der Waals surface area contributed by atoms with Crippen LogP contribution >= 0.6 is 31.9 Å². The van der Waals surface area contributed by atoms with E-state index in [1.165, 1.54) is 0 Å². The summed E-state index contributed by atoms with van der Waals surface area (Å²) < 4.78 is 6.25. The number of nitrogens with zero attached hydrogens (tertiary/aromatic N) is 1. The van der Waals surface area contributed by atoms with Crippen molar-refractivity contribution in [2.45, 2.75) is 0 Å². The molecule has 0 radical (unpaired) electrons. The van der Waals surface area contributed by atoms with Crippen LogP contribution < -0.4 is 4.74 Å². The summed E-state index contributed by atoms with van der Waals surface area (Å²) in [5, 5.41) is 9.42. The van der Waals surface area contributed by atoms with Crippen LogP contribution in [-0.2, 0) is 0 Å². The molecule has 0 N–H and O–H groups in total. The van der Waals surface area contributed by atoms with Crippen LogP contribution in [0.1, 0.15) is 5.56 Å². The third-order valence-electron chi connectivity index (χ3n) is 1.40. The first-order chi connectivity index (χ1) is 6.27. The van der Waals surface area contributed by atoms with E-state index in [0.717, 1.165) is 9.80 Å². The van der Waals surface area contributed by atoms with Gasteiger partial charge in [0.2, 0.25) is 0 Å². The molecule has 0 fully saturated rings. The summed E-state index contributed by atoms with van der Waals surface area (Å²) in [5.41, 5.74) is 0.604. The second-order valence-electron chi connectivity index (χ2n) is 2.29. The molecule has 0 amide bonds. The smallest absolute Gasteiger partial charge is 0.134 e. The maximum atomic E-state index is 8.65.